The molecule has 0 heterocycles. The van der Waals surface area contributed by atoms with E-state index in [1.165, 1.54) is 0 Å². The number of ether oxygens (including phenoxy) is 2. The van der Waals surface area contributed by atoms with Crippen LogP contribution in [0.5, 0.6) is 23.0 Å². The number of hydrogen-bond acceptors (Lipinski definition) is 4. The summed E-state index contributed by atoms with van der Waals surface area (Å²) in [5.74, 6) is 2.56. The van der Waals surface area contributed by atoms with Gasteiger partial charge in [-0.15, -0.1) is 0 Å². The minimum Gasteiger partial charge on any atom is -0.457 e. The zero-order valence-electron chi connectivity index (χ0n) is 14.9. The average Bonchev–Trinajstić information content (AvgIpc) is 2.64. The fourth-order valence-electron chi connectivity index (χ4n) is 2.35. The molecule has 0 saturated heterocycles. The molecule has 0 bridgehead atoms. The fraction of sp³-hybridized carbons (Fsp3) is 0. The van der Waals surface area contributed by atoms with Gasteiger partial charge in [0.25, 0.3) is 0 Å². The molecule has 0 aliphatic rings. The quantitative estimate of drug-likeness (QED) is 0.384. The molecule has 0 aliphatic heterocycles. The number of nitrogens with zero attached hydrogens (tertiary/aromatic N) is 2. The number of rotatable bonds is 6. The minimum absolute atomic E-state index is 0.00449. The lowest BCUT2D eigenvalue weighted by atomic mass is 10.3. The summed E-state index contributed by atoms with van der Waals surface area (Å²) in [5, 5.41) is 0. The Morgan fingerprint density at radius 2 is 0.929 bits per heavy atom. The summed E-state index contributed by atoms with van der Waals surface area (Å²) in [6, 6.07) is 21.4. The fourth-order valence-corrected chi connectivity index (χ4v) is 2.35. The summed E-state index contributed by atoms with van der Waals surface area (Å²) in [6.07, 6.45) is 0. The lowest BCUT2D eigenvalue weighted by Gasteiger charge is -2.09. The molecule has 8 N–H and O–H groups in total. The van der Waals surface area contributed by atoms with E-state index in [0.717, 1.165) is 0 Å². The lowest BCUT2D eigenvalue weighted by molar-refractivity contribution is 0.460. The van der Waals surface area contributed by atoms with Gasteiger partial charge in [-0.05, 0) is 60.7 Å². The van der Waals surface area contributed by atoms with Gasteiger partial charge in [0, 0.05) is 6.07 Å². The van der Waals surface area contributed by atoms with Crippen LogP contribution >= 0.6 is 0 Å². The molecule has 0 saturated carbocycles. The van der Waals surface area contributed by atoms with E-state index in [1.807, 2.05) is 18.2 Å². The Bertz CT molecular complexity index is 911. The van der Waals surface area contributed by atoms with E-state index in [1.54, 1.807) is 54.6 Å². The van der Waals surface area contributed by atoms with E-state index in [9.17, 15) is 0 Å². The molecule has 0 aromatic heterocycles. The number of nitrogens with two attached hydrogens (primary N) is 4. The standard InChI is InChI=1S/C20H20N6O2/c21-19(22)25-13-4-8-15(9-5-13)27-17-2-1-3-18(12-17)28-16-10-6-14(7-11-16)26-20(23)24/h1-12H,(H4,21,22,25)(H4,23,24,26). The molecule has 0 unspecified atom stereocenters. The van der Waals surface area contributed by atoms with Crippen molar-refractivity contribution >= 4 is 23.3 Å². The van der Waals surface area contributed by atoms with Crippen LogP contribution in [-0.2, 0) is 0 Å². The van der Waals surface area contributed by atoms with Crippen LogP contribution in [0, 0.1) is 0 Å². The van der Waals surface area contributed by atoms with Crippen molar-refractivity contribution in [3.8, 4) is 23.0 Å². The van der Waals surface area contributed by atoms with Gasteiger partial charge in [-0.1, -0.05) is 6.07 Å². The Labute approximate surface area is 162 Å². The predicted octanol–water partition coefficient (Wildman–Crippen LogP) is 3.08. The molecule has 3 aromatic rings. The summed E-state index contributed by atoms with van der Waals surface area (Å²) in [4.78, 5) is 7.93. The smallest absolute Gasteiger partial charge is 0.191 e. The van der Waals surface area contributed by atoms with Crippen molar-refractivity contribution in [2.45, 2.75) is 0 Å². The predicted molar refractivity (Wildman–Crippen MR) is 110 cm³/mol. The van der Waals surface area contributed by atoms with Crippen LogP contribution in [0.4, 0.5) is 11.4 Å². The van der Waals surface area contributed by atoms with Crippen molar-refractivity contribution in [1.29, 1.82) is 0 Å². The first-order valence-corrected chi connectivity index (χ1v) is 8.33. The number of guanidine groups is 2. The van der Waals surface area contributed by atoms with Crippen LogP contribution in [0.3, 0.4) is 0 Å². The van der Waals surface area contributed by atoms with Gasteiger partial charge in [0.2, 0.25) is 0 Å². The molecule has 0 radical (unpaired) electrons. The second kappa shape index (κ2) is 8.45. The Balaban J connectivity index is 1.68. The SMILES string of the molecule is NC(N)=Nc1ccc(Oc2cccc(Oc3ccc(N=C(N)N)cc3)c2)cc1. The first-order valence-electron chi connectivity index (χ1n) is 8.33. The molecule has 0 amide bonds. The Hall–Kier alpha value is -4.20. The van der Waals surface area contributed by atoms with Gasteiger partial charge < -0.3 is 32.4 Å². The van der Waals surface area contributed by atoms with Crippen molar-refractivity contribution < 1.29 is 9.47 Å². The second-order valence-electron chi connectivity index (χ2n) is 5.74. The second-order valence-corrected chi connectivity index (χ2v) is 5.74. The molecular weight excluding hydrogens is 356 g/mol. The Morgan fingerprint density at radius 1 is 0.536 bits per heavy atom. The van der Waals surface area contributed by atoms with Crippen LogP contribution in [0.1, 0.15) is 0 Å². The van der Waals surface area contributed by atoms with E-state index in [4.69, 9.17) is 32.4 Å². The van der Waals surface area contributed by atoms with Crippen molar-refractivity contribution in [3.05, 3.63) is 72.8 Å². The third-order valence-corrected chi connectivity index (χ3v) is 3.47. The zero-order chi connectivity index (χ0) is 19.9. The van der Waals surface area contributed by atoms with Crippen LogP contribution in [0.2, 0.25) is 0 Å². The number of benzene rings is 3. The highest BCUT2D eigenvalue weighted by atomic mass is 16.5. The number of hydrogen-bond donors (Lipinski definition) is 4. The summed E-state index contributed by atoms with van der Waals surface area (Å²) in [5.41, 5.74) is 22.7. The Kier molecular flexibility index (Phi) is 5.61. The van der Waals surface area contributed by atoms with Crippen LogP contribution in [0.15, 0.2) is 82.8 Å². The van der Waals surface area contributed by atoms with Gasteiger partial charge in [0.15, 0.2) is 11.9 Å². The first-order chi connectivity index (χ1) is 13.5. The highest BCUT2D eigenvalue weighted by Crippen LogP contribution is 2.30. The third kappa shape index (κ3) is 5.40. The highest BCUT2D eigenvalue weighted by molar-refractivity contribution is 5.79. The maximum absolute atomic E-state index is 5.84. The van der Waals surface area contributed by atoms with Gasteiger partial charge in [-0.25, -0.2) is 9.98 Å². The van der Waals surface area contributed by atoms with Crippen LogP contribution in [0.25, 0.3) is 0 Å². The first kappa shape index (κ1) is 18.6. The molecule has 0 atom stereocenters. The van der Waals surface area contributed by atoms with E-state index in [-0.39, 0.29) is 11.9 Å². The monoisotopic (exact) mass is 376 g/mol. The van der Waals surface area contributed by atoms with Gasteiger partial charge in [-0.3, -0.25) is 0 Å². The maximum atomic E-state index is 5.84. The normalized spacial score (nSPS) is 10.0. The molecule has 28 heavy (non-hydrogen) atoms. The maximum Gasteiger partial charge on any atom is 0.191 e. The summed E-state index contributed by atoms with van der Waals surface area (Å²) in [6.45, 7) is 0. The van der Waals surface area contributed by atoms with Crippen molar-refractivity contribution in [2.24, 2.45) is 32.9 Å². The summed E-state index contributed by atoms with van der Waals surface area (Å²) >= 11 is 0. The molecular formula is C20H20N6O2. The van der Waals surface area contributed by atoms with Crippen molar-refractivity contribution in [2.75, 3.05) is 0 Å². The zero-order valence-corrected chi connectivity index (χ0v) is 14.9. The molecule has 142 valence electrons. The molecule has 0 aliphatic carbocycles. The number of aliphatic imine (C=N–C) groups is 2. The topological polar surface area (TPSA) is 147 Å². The molecule has 0 spiro atoms. The minimum atomic E-state index is 0.00449. The van der Waals surface area contributed by atoms with Crippen LogP contribution in [-0.4, -0.2) is 11.9 Å². The van der Waals surface area contributed by atoms with Gasteiger partial charge in [-0.2, -0.15) is 0 Å². The molecule has 0 fully saturated rings. The molecule has 3 rings (SSSR count). The van der Waals surface area contributed by atoms with Gasteiger partial charge >= 0.3 is 0 Å². The van der Waals surface area contributed by atoms with E-state index in [2.05, 4.69) is 9.98 Å². The van der Waals surface area contributed by atoms with Gasteiger partial charge in [0.05, 0.1) is 11.4 Å². The van der Waals surface area contributed by atoms with E-state index in [0.29, 0.717) is 34.4 Å². The van der Waals surface area contributed by atoms with Gasteiger partial charge in [0.1, 0.15) is 23.0 Å². The van der Waals surface area contributed by atoms with Crippen LogP contribution < -0.4 is 32.4 Å². The van der Waals surface area contributed by atoms with Crippen molar-refractivity contribution in [1.82, 2.24) is 0 Å². The lowest BCUT2D eigenvalue weighted by Crippen LogP contribution is -2.21. The van der Waals surface area contributed by atoms with Crippen molar-refractivity contribution in [3.63, 3.8) is 0 Å². The molecule has 3 aromatic carbocycles. The van der Waals surface area contributed by atoms with E-state index < -0.39 is 0 Å². The molecule has 8 heteroatoms. The summed E-state index contributed by atoms with van der Waals surface area (Å²) < 4.78 is 11.7. The third-order valence-electron chi connectivity index (χ3n) is 3.47. The summed E-state index contributed by atoms with van der Waals surface area (Å²) in [7, 11) is 0. The highest BCUT2D eigenvalue weighted by Gasteiger charge is 2.03. The average molecular weight is 376 g/mol. The molecule has 8 nitrogen and oxygen atoms in total. The largest absolute Gasteiger partial charge is 0.457 e. The Morgan fingerprint density at radius 3 is 1.29 bits per heavy atom. The van der Waals surface area contributed by atoms with E-state index >= 15 is 0 Å².